The fourth-order valence-corrected chi connectivity index (χ4v) is 2.06. The highest BCUT2D eigenvalue weighted by Crippen LogP contribution is 2.31. The Bertz CT molecular complexity index is 430. The van der Waals surface area contributed by atoms with Crippen molar-refractivity contribution in [3.8, 4) is 5.88 Å². The zero-order chi connectivity index (χ0) is 13.0. The first-order chi connectivity index (χ1) is 8.61. The molecule has 5 heteroatoms. The first-order valence-corrected chi connectivity index (χ1v) is 6.16. The number of rotatable bonds is 5. The molecule has 0 spiro atoms. The Hall–Kier alpha value is -1.62. The van der Waals surface area contributed by atoms with E-state index in [2.05, 4.69) is 10.3 Å². The average Bonchev–Trinajstić information content (AvgIpc) is 2.35. The van der Waals surface area contributed by atoms with Crippen LogP contribution in [0.5, 0.6) is 5.88 Å². The van der Waals surface area contributed by atoms with Gasteiger partial charge in [-0.3, -0.25) is 4.79 Å². The second-order valence-electron chi connectivity index (χ2n) is 4.88. The second-order valence-corrected chi connectivity index (χ2v) is 4.88. The minimum absolute atomic E-state index is 0.00739. The Labute approximate surface area is 107 Å². The van der Waals surface area contributed by atoms with Crippen molar-refractivity contribution >= 4 is 5.91 Å². The maximum atomic E-state index is 11.7. The molecule has 0 aromatic carbocycles. The quantitative estimate of drug-likeness (QED) is 0.815. The molecule has 1 aliphatic rings. The third-order valence-corrected chi connectivity index (χ3v) is 3.36. The first kappa shape index (κ1) is 12.8. The van der Waals surface area contributed by atoms with Crippen LogP contribution in [0.4, 0.5) is 0 Å². The summed E-state index contributed by atoms with van der Waals surface area (Å²) in [6, 6.07) is 3.66. The van der Waals surface area contributed by atoms with Crippen molar-refractivity contribution in [3.05, 3.63) is 23.9 Å². The molecule has 5 nitrogen and oxygen atoms in total. The molecule has 1 aromatic rings. The number of hydrogen-bond donors (Lipinski definition) is 2. The third-order valence-electron chi connectivity index (χ3n) is 3.36. The molecule has 3 N–H and O–H groups in total. The maximum Gasteiger partial charge on any atom is 0.222 e. The first-order valence-electron chi connectivity index (χ1n) is 6.16. The predicted octanol–water partition coefficient (Wildman–Crippen LogP) is 0.978. The fourth-order valence-electron chi connectivity index (χ4n) is 2.06. The Balaban J connectivity index is 1.81. The molecule has 0 bridgehead atoms. The van der Waals surface area contributed by atoms with E-state index in [9.17, 15) is 4.79 Å². The molecule has 1 aromatic heterocycles. The number of methoxy groups -OCH3 is 1. The molecule has 0 radical (unpaired) electrons. The number of carbonyl (C=O) groups is 1. The Morgan fingerprint density at radius 3 is 3.00 bits per heavy atom. The van der Waals surface area contributed by atoms with Crippen molar-refractivity contribution in [2.45, 2.75) is 37.8 Å². The smallest absolute Gasteiger partial charge is 0.222 e. The van der Waals surface area contributed by atoms with Gasteiger partial charge in [0.05, 0.1) is 7.11 Å². The Kier molecular flexibility index (Phi) is 3.81. The van der Waals surface area contributed by atoms with E-state index in [1.54, 1.807) is 13.3 Å². The lowest BCUT2D eigenvalue weighted by molar-refractivity contribution is -0.123. The van der Waals surface area contributed by atoms with E-state index in [0.29, 0.717) is 18.8 Å². The molecule has 1 amide bonds. The minimum Gasteiger partial charge on any atom is -0.481 e. The van der Waals surface area contributed by atoms with E-state index in [-0.39, 0.29) is 11.4 Å². The van der Waals surface area contributed by atoms with Crippen LogP contribution in [0.25, 0.3) is 0 Å². The molecular weight excluding hydrogens is 230 g/mol. The number of carbonyl (C=O) groups excluding carboxylic acids is 1. The molecule has 0 unspecified atom stereocenters. The third kappa shape index (κ3) is 3.20. The van der Waals surface area contributed by atoms with Crippen LogP contribution in [0.1, 0.15) is 31.2 Å². The van der Waals surface area contributed by atoms with Crippen LogP contribution in [-0.2, 0) is 11.3 Å². The number of amides is 1. The highest BCUT2D eigenvalue weighted by atomic mass is 16.5. The lowest BCUT2D eigenvalue weighted by Crippen LogP contribution is -2.49. The maximum absolute atomic E-state index is 11.7. The average molecular weight is 249 g/mol. The Morgan fingerprint density at radius 1 is 1.61 bits per heavy atom. The van der Waals surface area contributed by atoms with Gasteiger partial charge in [0, 0.05) is 30.8 Å². The summed E-state index contributed by atoms with van der Waals surface area (Å²) < 4.78 is 5.02. The van der Waals surface area contributed by atoms with Crippen LogP contribution >= 0.6 is 0 Å². The number of nitrogens with one attached hydrogen (secondary N) is 1. The fraction of sp³-hybridized carbons (Fsp3) is 0.538. The summed E-state index contributed by atoms with van der Waals surface area (Å²) in [6.07, 6.45) is 5.10. The Morgan fingerprint density at radius 2 is 2.39 bits per heavy atom. The molecule has 1 fully saturated rings. The number of ether oxygens (including phenoxy) is 1. The molecule has 1 aliphatic carbocycles. The number of nitrogens with two attached hydrogens (primary N) is 1. The van der Waals surface area contributed by atoms with E-state index < -0.39 is 0 Å². The standard InChI is InChI=1S/C13H19N3O2/c1-18-12-7-10(3-6-15-12)9-16-11(17)8-13(14)4-2-5-13/h3,6-7H,2,4-5,8-9,14H2,1H3,(H,16,17). The molecule has 1 heterocycles. The number of hydrogen-bond acceptors (Lipinski definition) is 4. The normalized spacial score (nSPS) is 16.8. The highest BCUT2D eigenvalue weighted by molar-refractivity contribution is 5.77. The number of pyridine rings is 1. The molecule has 0 aliphatic heterocycles. The number of aromatic nitrogens is 1. The van der Waals surface area contributed by atoms with Crippen molar-refractivity contribution in [3.63, 3.8) is 0 Å². The van der Waals surface area contributed by atoms with E-state index in [1.807, 2.05) is 12.1 Å². The molecule has 2 rings (SSSR count). The lowest BCUT2D eigenvalue weighted by atomic mass is 9.75. The highest BCUT2D eigenvalue weighted by Gasteiger charge is 2.34. The van der Waals surface area contributed by atoms with E-state index in [4.69, 9.17) is 10.5 Å². The van der Waals surface area contributed by atoms with Gasteiger partial charge in [-0.1, -0.05) is 0 Å². The molecule has 0 atom stereocenters. The van der Waals surface area contributed by atoms with Crippen molar-refractivity contribution in [2.24, 2.45) is 5.73 Å². The number of nitrogens with zero attached hydrogens (tertiary/aromatic N) is 1. The van der Waals surface area contributed by atoms with Crippen molar-refractivity contribution in [1.82, 2.24) is 10.3 Å². The van der Waals surface area contributed by atoms with Gasteiger partial charge in [0.2, 0.25) is 11.8 Å². The predicted molar refractivity (Wildman–Crippen MR) is 68.0 cm³/mol. The van der Waals surface area contributed by atoms with Crippen LogP contribution in [0.3, 0.4) is 0 Å². The topological polar surface area (TPSA) is 77.2 Å². The van der Waals surface area contributed by atoms with E-state index in [0.717, 1.165) is 24.8 Å². The molecule has 0 saturated heterocycles. The van der Waals surface area contributed by atoms with Gasteiger partial charge in [-0.15, -0.1) is 0 Å². The van der Waals surface area contributed by atoms with Gasteiger partial charge in [0.1, 0.15) is 0 Å². The van der Waals surface area contributed by atoms with Crippen LogP contribution in [0.2, 0.25) is 0 Å². The van der Waals surface area contributed by atoms with Crippen LogP contribution in [0, 0.1) is 0 Å². The summed E-state index contributed by atoms with van der Waals surface area (Å²) in [4.78, 5) is 15.8. The summed E-state index contributed by atoms with van der Waals surface area (Å²) in [7, 11) is 1.57. The van der Waals surface area contributed by atoms with Gasteiger partial charge in [-0.2, -0.15) is 0 Å². The zero-order valence-corrected chi connectivity index (χ0v) is 10.6. The van der Waals surface area contributed by atoms with Crippen molar-refractivity contribution in [2.75, 3.05) is 7.11 Å². The van der Waals surface area contributed by atoms with E-state index in [1.165, 1.54) is 0 Å². The van der Waals surface area contributed by atoms with Gasteiger partial charge < -0.3 is 15.8 Å². The van der Waals surface area contributed by atoms with E-state index >= 15 is 0 Å². The van der Waals surface area contributed by atoms with Gasteiger partial charge in [0.15, 0.2) is 0 Å². The zero-order valence-electron chi connectivity index (χ0n) is 10.6. The van der Waals surface area contributed by atoms with Crippen molar-refractivity contribution < 1.29 is 9.53 Å². The summed E-state index contributed by atoms with van der Waals surface area (Å²) >= 11 is 0. The van der Waals surface area contributed by atoms with Crippen LogP contribution in [-0.4, -0.2) is 23.5 Å². The largest absolute Gasteiger partial charge is 0.481 e. The summed E-state index contributed by atoms with van der Waals surface area (Å²) in [5, 5.41) is 2.87. The van der Waals surface area contributed by atoms with Gasteiger partial charge in [-0.05, 0) is 30.9 Å². The van der Waals surface area contributed by atoms with Crippen LogP contribution < -0.4 is 15.8 Å². The monoisotopic (exact) mass is 249 g/mol. The molecule has 1 saturated carbocycles. The summed E-state index contributed by atoms with van der Waals surface area (Å²) in [5.74, 6) is 0.559. The van der Waals surface area contributed by atoms with Crippen LogP contribution in [0.15, 0.2) is 18.3 Å². The van der Waals surface area contributed by atoms with Crippen molar-refractivity contribution in [1.29, 1.82) is 0 Å². The summed E-state index contributed by atoms with van der Waals surface area (Å²) in [6.45, 7) is 0.480. The second kappa shape index (κ2) is 5.35. The summed E-state index contributed by atoms with van der Waals surface area (Å²) in [5.41, 5.74) is 6.73. The lowest BCUT2D eigenvalue weighted by Gasteiger charge is -2.37. The molecule has 98 valence electrons. The van der Waals surface area contributed by atoms with Gasteiger partial charge in [-0.25, -0.2) is 4.98 Å². The van der Waals surface area contributed by atoms with Gasteiger partial charge >= 0.3 is 0 Å². The van der Waals surface area contributed by atoms with Gasteiger partial charge in [0.25, 0.3) is 0 Å². The molecule has 18 heavy (non-hydrogen) atoms. The molecular formula is C13H19N3O2. The minimum atomic E-state index is -0.264. The SMILES string of the molecule is COc1cc(CNC(=O)CC2(N)CCC2)ccn1.